The van der Waals surface area contributed by atoms with E-state index in [1.54, 1.807) is 16.8 Å². The number of carbonyl (C=O) groups is 1. The first-order valence-corrected chi connectivity index (χ1v) is 9.18. The molecule has 0 saturated carbocycles. The number of esters is 1. The van der Waals surface area contributed by atoms with Crippen LogP contribution >= 0.6 is 0 Å². The van der Waals surface area contributed by atoms with Crippen LogP contribution in [0.3, 0.4) is 0 Å². The second-order valence-corrected chi connectivity index (χ2v) is 7.05. The number of ether oxygens (including phenoxy) is 1. The molecule has 7 nitrogen and oxygen atoms in total. The Morgan fingerprint density at radius 2 is 1.93 bits per heavy atom. The first-order valence-electron chi connectivity index (χ1n) is 9.18. The molecule has 0 unspecified atom stereocenters. The van der Waals surface area contributed by atoms with Crippen molar-refractivity contribution in [2.75, 3.05) is 12.8 Å². The first-order chi connectivity index (χ1) is 13.9. The zero-order valence-corrected chi connectivity index (χ0v) is 16.5. The van der Waals surface area contributed by atoms with Crippen molar-refractivity contribution in [3.8, 4) is 0 Å². The van der Waals surface area contributed by atoms with Crippen LogP contribution in [0.1, 0.15) is 27.0 Å². The standard InChI is InChI=1S/C22H20N4O3/c1-13-6-8-15(9-7-13)12-26-18(23)16(22(28)29-3)11-17-20(26)24-19-14(2)5-4-10-25(19)21(17)27/h4-11,23H,12H2,1-3H3/p+1. The minimum Gasteiger partial charge on any atom is -0.465 e. The van der Waals surface area contributed by atoms with Crippen molar-refractivity contribution in [2.24, 2.45) is 0 Å². The summed E-state index contributed by atoms with van der Waals surface area (Å²) in [6, 6.07) is 13.1. The normalized spacial score (nSPS) is 11.1. The van der Waals surface area contributed by atoms with Gasteiger partial charge in [-0.3, -0.25) is 9.20 Å². The average Bonchev–Trinajstić information content (AvgIpc) is 2.72. The van der Waals surface area contributed by atoms with Crippen molar-refractivity contribution in [2.45, 2.75) is 20.4 Å². The molecular weight excluding hydrogens is 368 g/mol. The van der Waals surface area contributed by atoms with Crippen LogP contribution in [0.5, 0.6) is 0 Å². The minimum atomic E-state index is -0.601. The molecule has 29 heavy (non-hydrogen) atoms. The number of aromatic nitrogens is 3. The molecule has 4 aromatic rings. The van der Waals surface area contributed by atoms with E-state index in [4.69, 9.17) is 15.5 Å². The van der Waals surface area contributed by atoms with Crippen molar-refractivity contribution >= 4 is 28.5 Å². The van der Waals surface area contributed by atoms with Crippen molar-refractivity contribution < 1.29 is 14.1 Å². The summed E-state index contributed by atoms with van der Waals surface area (Å²) in [5.74, 6) is -0.398. The predicted octanol–water partition coefficient (Wildman–Crippen LogP) is 2.17. The molecule has 0 radical (unpaired) electrons. The van der Waals surface area contributed by atoms with Gasteiger partial charge >= 0.3 is 5.97 Å². The third-order valence-corrected chi connectivity index (χ3v) is 5.04. The fourth-order valence-electron chi connectivity index (χ4n) is 3.42. The third kappa shape index (κ3) is 3.10. The van der Waals surface area contributed by atoms with Crippen molar-refractivity contribution in [3.05, 3.63) is 81.3 Å². The van der Waals surface area contributed by atoms with E-state index in [9.17, 15) is 9.59 Å². The molecule has 0 saturated heterocycles. The highest BCUT2D eigenvalue weighted by Gasteiger charge is 2.25. The second kappa shape index (κ2) is 7.01. The summed E-state index contributed by atoms with van der Waals surface area (Å²) >= 11 is 0. The summed E-state index contributed by atoms with van der Waals surface area (Å²) in [5.41, 5.74) is 10.2. The van der Waals surface area contributed by atoms with Gasteiger partial charge in [-0.25, -0.2) is 9.36 Å². The van der Waals surface area contributed by atoms with E-state index in [-0.39, 0.29) is 16.9 Å². The number of hydrogen-bond acceptors (Lipinski definition) is 5. The number of pyridine rings is 2. The van der Waals surface area contributed by atoms with E-state index < -0.39 is 5.97 Å². The largest absolute Gasteiger partial charge is 0.465 e. The van der Waals surface area contributed by atoms with Gasteiger partial charge in [0.25, 0.3) is 11.2 Å². The number of benzene rings is 1. The molecule has 2 N–H and O–H groups in total. The molecule has 7 heteroatoms. The lowest BCUT2D eigenvalue weighted by Crippen LogP contribution is -2.42. The van der Waals surface area contributed by atoms with E-state index in [0.717, 1.165) is 16.7 Å². The number of nitrogen functional groups attached to an aromatic ring is 1. The highest BCUT2D eigenvalue weighted by atomic mass is 16.5. The molecule has 4 rings (SSSR count). The molecule has 3 aromatic heterocycles. The van der Waals surface area contributed by atoms with Crippen LogP contribution in [0.15, 0.2) is 53.5 Å². The molecule has 0 bridgehead atoms. The Balaban J connectivity index is 2.09. The molecule has 0 atom stereocenters. The van der Waals surface area contributed by atoms with Crippen LogP contribution in [0.4, 0.5) is 5.82 Å². The molecule has 0 aliphatic heterocycles. The fraction of sp³-hybridized carbons (Fsp3) is 0.182. The van der Waals surface area contributed by atoms with E-state index in [0.29, 0.717) is 23.2 Å². The summed E-state index contributed by atoms with van der Waals surface area (Å²) in [6.45, 7) is 4.27. The van der Waals surface area contributed by atoms with E-state index >= 15 is 0 Å². The first kappa shape index (κ1) is 18.6. The number of methoxy groups -OCH3 is 1. The molecule has 1 aromatic carbocycles. The van der Waals surface area contributed by atoms with E-state index in [2.05, 4.69) is 0 Å². The van der Waals surface area contributed by atoms with Crippen LogP contribution in [0.2, 0.25) is 0 Å². The smallest absolute Gasteiger partial charge is 0.344 e. The van der Waals surface area contributed by atoms with Gasteiger partial charge in [-0.2, -0.15) is 0 Å². The number of nitrogens with zero attached hydrogens (tertiary/aromatic N) is 3. The number of nitrogens with two attached hydrogens (primary N) is 1. The summed E-state index contributed by atoms with van der Waals surface area (Å²) < 4.78 is 8.04. The molecule has 0 fully saturated rings. The molecule has 0 amide bonds. The Kier molecular flexibility index (Phi) is 4.50. The van der Waals surface area contributed by atoms with E-state index in [1.165, 1.54) is 17.6 Å². The maximum Gasteiger partial charge on any atom is 0.344 e. The van der Waals surface area contributed by atoms with Crippen LogP contribution in [-0.2, 0) is 11.3 Å². The van der Waals surface area contributed by atoms with Gasteiger partial charge in [0, 0.05) is 11.8 Å². The SMILES string of the molecule is COC(=O)c1cc2c(=O)n3cccc(C)c3nc2[n+](Cc2ccc(C)cc2)c1N. The quantitative estimate of drug-likeness (QED) is 0.329. The van der Waals surface area contributed by atoms with Gasteiger partial charge in [0.1, 0.15) is 10.9 Å². The lowest BCUT2D eigenvalue weighted by Gasteiger charge is -2.12. The van der Waals surface area contributed by atoms with Gasteiger partial charge in [0.05, 0.1) is 13.7 Å². The van der Waals surface area contributed by atoms with Crippen molar-refractivity contribution in [3.63, 3.8) is 0 Å². The minimum absolute atomic E-state index is 0.138. The maximum absolute atomic E-state index is 13.2. The van der Waals surface area contributed by atoms with Gasteiger partial charge < -0.3 is 10.5 Å². The number of aryl methyl sites for hydroxylation is 2. The molecular formula is C22H21N4O3+. The summed E-state index contributed by atoms with van der Waals surface area (Å²) in [5, 5.41) is 0.301. The van der Waals surface area contributed by atoms with Crippen LogP contribution < -0.4 is 15.9 Å². The average molecular weight is 389 g/mol. The van der Waals surface area contributed by atoms with Gasteiger partial charge in [-0.1, -0.05) is 40.9 Å². The lowest BCUT2D eigenvalue weighted by atomic mass is 10.1. The van der Waals surface area contributed by atoms with Crippen LogP contribution in [0.25, 0.3) is 16.7 Å². The van der Waals surface area contributed by atoms with Gasteiger partial charge in [-0.05, 0) is 31.5 Å². The highest BCUT2D eigenvalue weighted by molar-refractivity contribution is 5.96. The van der Waals surface area contributed by atoms with E-state index in [1.807, 2.05) is 44.2 Å². The predicted molar refractivity (Wildman–Crippen MR) is 110 cm³/mol. The number of rotatable bonds is 3. The topological polar surface area (TPSA) is 90.6 Å². The Morgan fingerprint density at radius 3 is 2.62 bits per heavy atom. The summed E-state index contributed by atoms with van der Waals surface area (Å²) in [6.07, 6.45) is 1.66. The Labute approximate surface area is 167 Å². The summed E-state index contributed by atoms with van der Waals surface area (Å²) in [4.78, 5) is 30.2. The molecule has 146 valence electrons. The fourth-order valence-corrected chi connectivity index (χ4v) is 3.42. The van der Waals surface area contributed by atoms with Crippen LogP contribution in [0, 0.1) is 13.8 Å². The molecule has 0 spiro atoms. The second-order valence-electron chi connectivity index (χ2n) is 7.05. The zero-order chi connectivity index (χ0) is 20.7. The Hall–Kier alpha value is -3.74. The van der Waals surface area contributed by atoms with Crippen molar-refractivity contribution in [1.82, 2.24) is 9.38 Å². The van der Waals surface area contributed by atoms with Gasteiger partial charge in [-0.15, -0.1) is 0 Å². The number of hydrogen-bond donors (Lipinski definition) is 1. The molecule has 3 heterocycles. The lowest BCUT2D eigenvalue weighted by molar-refractivity contribution is -0.649. The van der Waals surface area contributed by atoms with Gasteiger partial charge in [0.2, 0.25) is 11.5 Å². The number of anilines is 1. The summed E-state index contributed by atoms with van der Waals surface area (Å²) in [7, 11) is 1.28. The van der Waals surface area contributed by atoms with Gasteiger partial charge in [0.15, 0.2) is 0 Å². The Morgan fingerprint density at radius 1 is 1.21 bits per heavy atom. The van der Waals surface area contributed by atoms with Crippen LogP contribution in [-0.4, -0.2) is 22.5 Å². The monoisotopic (exact) mass is 389 g/mol. The van der Waals surface area contributed by atoms with Crippen molar-refractivity contribution in [1.29, 1.82) is 0 Å². The maximum atomic E-state index is 13.2. The Bertz CT molecular complexity index is 1320. The zero-order valence-electron chi connectivity index (χ0n) is 16.5. The number of fused-ring (bicyclic) bond motifs is 2. The highest BCUT2D eigenvalue weighted by Crippen LogP contribution is 2.17. The molecule has 0 aliphatic carbocycles. The molecule has 0 aliphatic rings. The third-order valence-electron chi connectivity index (χ3n) is 5.04. The number of carbonyl (C=O) groups excluding carboxylic acids is 1.